The van der Waals surface area contributed by atoms with Crippen molar-refractivity contribution in [2.45, 2.75) is 12.5 Å². The lowest BCUT2D eigenvalue weighted by Crippen LogP contribution is -2.41. The summed E-state index contributed by atoms with van der Waals surface area (Å²) in [5.74, 6) is -0.692. The van der Waals surface area contributed by atoms with Crippen LogP contribution in [0.15, 0.2) is 59.8 Å². The van der Waals surface area contributed by atoms with Crippen LogP contribution in [0.5, 0.6) is 0 Å². The van der Waals surface area contributed by atoms with Crippen molar-refractivity contribution in [1.29, 1.82) is 0 Å². The van der Waals surface area contributed by atoms with Gasteiger partial charge in [-0.1, -0.05) is 53.2 Å². The van der Waals surface area contributed by atoms with Crippen molar-refractivity contribution in [3.63, 3.8) is 0 Å². The molecule has 2 saturated carbocycles. The number of benzene rings is 2. The zero-order valence-electron chi connectivity index (χ0n) is 14.9. The monoisotopic (exact) mass is 392 g/mol. The fraction of sp³-hybridized carbons (Fsp3) is 0.318. The molecule has 0 N–H and O–H groups in total. The van der Waals surface area contributed by atoms with E-state index in [4.69, 9.17) is 16.4 Å². The lowest BCUT2D eigenvalue weighted by Gasteiger charge is -2.30. The smallest absolute Gasteiger partial charge is 0.238 e. The van der Waals surface area contributed by atoms with Crippen LogP contribution in [0.3, 0.4) is 0 Å². The first kappa shape index (κ1) is 16.3. The summed E-state index contributed by atoms with van der Waals surface area (Å²) in [6, 6.07) is 16.8. The van der Waals surface area contributed by atoms with Gasteiger partial charge in [-0.25, -0.2) is 0 Å². The van der Waals surface area contributed by atoms with E-state index in [0.717, 1.165) is 17.7 Å². The molecule has 5 nitrogen and oxygen atoms in total. The lowest BCUT2D eigenvalue weighted by atomic mass is 9.71. The van der Waals surface area contributed by atoms with E-state index in [1.807, 2.05) is 54.6 Å². The Morgan fingerprint density at radius 3 is 2.32 bits per heavy atom. The second-order valence-electron chi connectivity index (χ2n) is 8.01. The third-order valence-electron chi connectivity index (χ3n) is 6.85. The number of rotatable bonds is 2. The maximum absolute atomic E-state index is 13.3. The van der Waals surface area contributed by atoms with Crippen LogP contribution in [-0.2, 0) is 14.4 Å². The molecule has 6 atom stereocenters. The number of fused-ring (bicyclic) bond motifs is 8. The summed E-state index contributed by atoms with van der Waals surface area (Å²) in [7, 11) is 0. The van der Waals surface area contributed by atoms with Crippen LogP contribution in [0.1, 0.15) is 12.0 Å². The highest BCUT2D eigenvalue weighted by atomic mass is 35.5. The second-order valence-corrected chi connectivity index (χ2v) is 8.42. The predicted molar refractivity (Wildman–Crippen MR) is 104 cm³/mol. The quantitative estimate of drug-likeness (QED) is 0.735. The standard InChI is InChI=1S/C22H17ClN2O3/c23-15-9-5-4-8-12(15)19-18-13-10-14(20(18)28-24-19)17-16(13)21(26)25(22(17)27)11-6-2-1-3-7-11/h1-9,13-14,16-18,20H,10H2/t13-,14+,16-,17-,18-,20+/m0/s1. The molecule has 28 heavy (non-hydrogen) atoms. The van der Waals surface area contributed by atoms with Gasteiger partial charge in [0.05, 0.1) is 23.2 Å². The topological polar surface area (TPSA) is 59.0 Å². The van der Waals surface area contributed by atoms with E-state index >= 15 is 0 Å². The first-order valence-electron chi connectivity index (χ1n) is 9.58. The summed E-state index contributed by atoms with van der Waals surface area (Å²) in [6.07, 6.45) is 0.679. The Balaban J connectivity index is 1.38. The van der Waals surface area contributed by atoms with Crippen molar-refractivity contribution in [1.82, 2.24) is 0 Å². The Hall–Kier alpha value is -2.66. The van der Waals surface area contributed by atoms with Crippen molar-refractivity contribution in [3.8, 4) is 0 Å². The van der Waals surface area contributed by atoms with E-state index in [-0.39, 0.29) is 47.5 Å². The highest BCUT2D eigenvalue weighted by molar-refractivity contribution is 6.34. The molecular formula is C22H17ClN2O3. The average molecular weight is 393 g/mol. The SMILES string of the molecule is O=C1[C@H]2[C@@H]3C[C@@H]([C@H]4ON=C(c5ccccc5Cl)[C@H]34)[C@@H]2C(=O)N1c1ccccc1. The molecule has 0 spiro atoms. The molecule has 140 valence electrons. The Labute approximate surface area is 166 Å². The van der Waals surface area contributed by atoms with Gasteiger partial charge in [0.15, 0.2) is 0 Å². The molecule has 2 bridgehead atoms. The number of oxime groups is 1. The van der Waals surface area contributed by atoms with Gasteiger partial charge in [0, 0.05) is 22.4 Å². The molecule has 3 fully saturated rings. The Kier molecular flexibility index (Phi) is 3.30. The normalized spacial score (nSPS) is 35.0. The lowest BCUT2D eigenvalue weighted by molar-refractivity contribution is -0.125. The van der Waals surface area contributed by atoms with Crippen LogP contribution in [-0.4, -0.2) is 23.6 Å². The molecule has 1 saturated heterocycles. The molecule has 6 rings (SSSR count). The number of nitrogens with zero attached hydrogens (tertiary/aromatic N) is 2. The summed E-state index contributed by atoms with van der Waals surface area (Å²) in [6.45, 7) is 0. The minimum Gasteiger partial charge on any atom is -0.391 e. The van der Waals surface area contributed by atoms with Gasteiger partial charge >= 0.3 is 0 Å². The molecular weight excluding hydrogens is 376 g/mol. The maximum Gasteiger partial charge on any atom is 0.238 e. The number of para-hydroxylation sites is 1. The highest BCUT2D eigenvalue weighted by Crippen LogP contribution is 2.62. The molecule has 2 aromatic rings. The number of hydrogen-bond acceptors (Lipinski definition) is 4. The molecule has 0 radical (unpaired) electrons. The minimum absolute atomic E-state index is 0.0126. The fourth-order valence-electron chi connectivity index (χ4n) is 5.85. The summed E-state index contributed by atoms with van der Waals surface area (Å²) < 4.78 is 0. The molecule has 0 aromatic heterocycles. The number of amides is 2. The van der Waals surface area contributed by atoms with E-state index < -0.39 is 0 Å². The highest BCUT2D eigenvalue weighted by Gasteiger charge is 2.70. The Morgan fingerprint density at radius 1 is 0.893 bits per heavy atom. The molecule has 2 aromatic carbocycles. The minimum atomic E-state index is -0.306. The van der Waals surface area contributed by atoms with Crippen molar-refractivity contribution in [2.75, 3.05) is 4.90 Å². The first-order valence-corrected chi connectivity index (χ1v) is 9.96. The van der Waals surface area contributed by atoms with Crippen molar-refractivity contribution >= 4 is 34.8 Å². The van der Waals surface area contributed by atoms with Gasteiger partial charge in [-0.2, -0.15) is 0 Å². The number of anilines is 1. The van der Waals surface area contributed by atoms with E-state index in [9.17, 15) is 9.59 Å². The Morgan fingerprint density at radius 2 is 1.57 bits per heavy atom. The Bertz CT molecular complexity index is 1040. The fourth-order valence-corrected chi connectivity index (χ4v) is 6.08. The van der Waals surface area contributed by atoms with Crippen LogP contribution in [0, 0.1) is 29.6 Å². The molecule has 2 aliphatic heterocycles. The van der Waals surface area contributed by atoms with Gasteiger partial charge < -0.3 is 4.84 Å². The van der Waals surface area contributed by atoms with Crippen LogP contribution < -0.4 is 4.90 Å². The molecule has 2 aliphatic carbocycles. The second kappa shape index (κ2) is 5.67. The predicted octanol–water partition coefficient (Wildman–Crippen LogP) is 3.51. The van der Waals surface area contributed by atoms with E-state index in [1.165, 1.54) is 4.90 Å². The number of carbonyl (C=O) groups excluding carboxylic acids is 2. The third kappa shape index (κ3) is 1.95. The van der Waals surface area contributed by atoms with Crippen LogP contribution >= 0.6 is 11.6 Å². The van der Waals surface area contributed by atoms with Crippen LogP contribution in [0.4, 0.5) is 5.69 Å². The summed E-state index contributed by atoms with van der Waals surface area (Å²) in [5.41, 5.74) is 2.33. The summed E-state index contributed by atoms with van der Waals surface area (Å²) in [4.78, 5) is 33.6. The molecule has 4 aliphatic rings. The number of imide groups is 1. The largest absolute Gasteiger partial charge is 0.391 e. The third-order valence-corrected chi connectivity index (χ3v) is 7.18. The molecule has 2 heterocycles. The van der Waals surface area contributed by atoms with Gasteiger partial charge in [0.25, 0.3) is 0 Å². The zero-order valence-corrected chi connectivity index (χ0v) is 15.6. The van der Waals surface area contributed by atoms with Gasteiger partial charge in [0.2, 0.25) is 11.8 Å². The molecule has 2 amide bonds. The van der Waals surface area contributed by atoms with Gasteiger partial charge in [0.1, 0.15) is 6.10 Å². The maximum atomic E-state index is 13.3. The first-order chi connectivity index (χ1) is 13.7. The van der Waals surface area contributed by atoms with Crippen LogP contribution in [0.2, 0.25) is 5.02 Å². The van der Waals surface area contributed by atoms with Crippen molar-refractivity contribution in [3.05, 3.63) is 65.2 Å². The van der Waals surface area contributed by atoms with E-state index in [2.05, 4.69) is 5.16 Å². The number of halogens is 1. The molecule has 0 unspecified atom stereocenters. The summed E-state index contributed by atoms with van der Waals surface area (Å²) in [5, 5.41) is 4.97. The van der Waals surface area contributed by atoms with Gasteiger partial charge in [-0.15, -0.1) is 0 Å². The van der Waals surface area contributed by atoms with E-state index in [0.29, 0.717) is 10.7 Å². The van der Waals surface area contributed by atoms with Gasteiger partial charge in [-0.05, 0) is 30.5 Å². The van der Waals surface area contributed by atoms with Crippen molar-refractivity contribution < 1.29 is 14.4 Å². The van der Waals surface area contributed by atoms with Crippen molar-refractivity contribution in [2.24, 2.45) is 34.7 Å². The van der Waals surface area contributed by atoms with Crippen LogP contribution in [0.25, 0.3) is 0 Å². The van der Waals surface area contributed by atoms with Gasteiger partial charge in [-0.3, -0.25) is 14.5 Å². The zero-order chi connectivity index (χ0) is 19.0. The van der Waals surface area contributed by atoms with E-state index in [1.54, 1.807) is 0 Å². The number of hydrogen-bond donors (Lipinski definition) is 0. The summed E-state index contributed by atoms with van der Waals surface area (Å²) >= 11 is 6.40. The molecule has 6 heteroatoms. The number of carbonyl (C=O) groups is 2. The average Bonchev–Trinajstić information content (AvgIpc) is 3.43.